The van der Waals surface area contributed by atoms with Crippen LogP contribution in [0.2, 0.25) is 0 Å². The van der Waals surface area contributed by atoms with Gasteiger partial charge in [0.25, 0.3) is 5.56 Å². The predicted molar refractivity (Wildman–Crippen MR) is 116 cm³/mol. The van der Waals surface area contributed by atoms with Gasteiger partial charge >= 0.3 is 0 Å². The van der Waals surface area contributed by atoms with Crippen LogP contribution < -0.4 is 10.3 Å². The van der Waals surface area contributed by atoms with E-state index in [-0.39, 0.29) is 29.1 Å². The first-order valence-electron chi connectivity index (χ1n) is 10.5. The highest BCUT2D eigenvalue weighted by atomic mass is 16.5. The van der Waals surface area contributed by atoms with Gasteiger partial charge in [0.1, 0.15) is 17.4 Å². The Balaban J connectivity index is 2.41. The van der Waals surface area contributed by atoms with E-state index in [1.165, 1.54) is 6.92 Å². The summed E-state index contributed by atoms with van der Waals surface area (Å²) in [5.41, 5.74) is -0.112. The summed E-state index contributed by atoms with van der Waals surface area (Å²) in [4.78, 5) is 25.8. The van der Waals surface area contributed by atoms with E-state index in [2.05, 4.69) is 6.92 Å². The second-order valence-corrected chi connectivity index (χ2v) is 7.89. The van der Waals surface area contributed by atoms with E-state index in [0.717, 1.165) is 23.8 Å². The van der Waals surface area contributed by atoms with Gasteiger partial charge in [0.15, 0.2) is 5.78 Å². The number of pyridine rings is 1. The third-order valence-corrected chi connectivity index (χ3v) is 4.96. The van der Waals surface area contributed by atoms with Crippen molar-refractivity contribution < 1.29 is 14.6 Å². The maximum Gasteiger partial charge on any atom is 0.271 e. The van der Waals surface area contributed by atoms with E-state index in [9.17, 15) is 20.0 Å². The van der Waals surface area contributed by atoms with Gasteiger partial charge in [-0.25, -0.2) is 0 Å². The van der Waals surface area contributed by atoms with Gasteiger partial charge in [0.05, 0.1) is 12.2 Å². The van der Waals surface area contributed by atoms with E-state index in [1.54, 1.807) is 24.3 Å². The number of benzene rings is 1. The lowest BCUT2D eigenvalue weighted by atomic mass is 9.97. The zero-order valence-electron chi connectivity index (χ0n) is 18.2. The number of ether oxygens (including phenoxy) is 1. The molecule has 0 amide bonds. The van der Waals surface area contributed by atoms with Gasteiger partial charge in [-0.15, -0.1) is 0 Å². The molecule has 0 unspecified atom stereocenters. The van der Waals surface area contributed by atoms with Crippen molar-refractivity contribution in [3.63, 3.8) is 0 Å². The Morgan fingerprint density at radius 2 is 1.87 bits per heavy atom. The molecule has 0 aliphatic heterocycles. The van der Waals surface area contributed by atoms with E-state index in [0.29, 0.717) is 30.3 Å². The molecule has 0 spiro atoms. The van der Waals surface area contributed by atoms with E-state index >= 15 is 0 Å². The van der Waals surface area contributed by atoms with Gasteiger partial charge < -0.3 is 9.84 Å². The average Bonchev–Trinajstić information content (AvgIpc) is 2.72. The van der Waals surface area contributed by atoms with Crippen LogP contribution in [0.5, 0.6) is 11.6 Å². The molecule has 30 heavy (non-hydrogen) atoms. The van der Waals surface area contributed by atoms with Gasteiger partial charge in [-0.2, -0.15) is 5.26 Å². The Kier molecular flexibility index (Phi) is 8.23. The predicted octanol–water partition coefficient (Wildman–Crippen LogP) is 4.58. The van der Waals surface area contributed by atoms with Crippen LogP contribution in [0.25, 0.3) is 0 Å². The molecule has 0 saturated carbocycles. The van der Waals surface area contributed by atoms with Crippen molar-refractivity contribution in [3.05, 3.63) is 56.9 Å². The average molecular weight is 411 g/mol. The van der Waals surface area contributed by atoms with Gasteiger partial charge in [-0.3, -0.25) is 14.2 Å². The Bertz CT molecular complexity index is 982. The molecule has 0 radical (unpaired) electrons. The quantitative estimate of drug-likeness (QED) is 0.457. The minimum atomic E-state index is -0.557. The van der Waals surface area contributed by atoms with Crippen LogP contribution in [0.15, 0.2) is 29.1 Å². The molecule has 0 atom stereocenters. The van der Waals surface area contributed by atoms with Crippen LogP contribution in [-0.2, 0) is 6.54 Å². The minimum Gasteiger partial charge on any atom is -0.494 e. The Morgan fingerprint density at radius 3 is 2.43 bits per heavy atom. The van der Waals surface area contributed by atoms with E-state index in [1.807, 2.05) is 19.9 Å². The second kappa shape index (κ2) is 10.6. The van der Waals surface area contributed by atoms with Crippen LogP contribution >= 0.6 is 0 Å². The minimum absolute atomic E-state index is 0.00232. The maximum atomic E-state index is 13.1. The van der Waals surface area contributed by atoms with Gasteiger partial charge in [-0.05, 0) is 49.1 Å². The molecule has 6 nitrogen and oxygen atoms in total. The number of aromatic hydroxyl groups is 1. The highest BCUT2D eigenvalue weighted by Gasteiger charge is 2.24. The number of ketones is 1. The second-order valence-electron chi connectivity index (χ2n) is 7.89. The first-order valence-corrected chi connectivity index (χ1v) is 10.5. The molecule has 2 aromatic rings. The molecule has 0 saturated heterocycles. The number of hydrogen-bond donors (Lipinski definition) is 1. The number of nitriles is 1. The molecule has 6 heteroatoms. The SMILES string of the molecule is CCCCCCn1c(O)c(C(=O)c2ccc(OCC(C)C)cc2)c(C)c(C#N)c1=O. The van der Waals surface area contributed by atoms with Crippen LogP contribution in [0.4, 0.5) is 0 Å². The summed E-state index contributed by atoms with van der Waals surface area (Å²) in [6.07, 6.45) is 3.65. The fourth-order valence-electron chi connectivity index (χ4n) is 3.24. The Morgan fingerprint density at radius 1 is 1.20 bits per heavy atom. The summed E-state index contributed by atoms with van der Waals surface area (Å²) in [6.45, 7) is 8.54. The lowest BCUT2D eigenvalue weighted by Crippen LogP contribution is -2.27. The lowest BCUT2D eigenvalue weighted by Gasteiger charge is -2.16. The first-order chi connectivity index (χ1) is 14.3. The van der Waals surface area contributed by atoms with E-state index < -0.39 is 11.3 Å². The lowest BCUT2D eigenvalue weighted by molar-refractivity contribution is 0.103. The fraction of sp³-hybridized carbons (Fsp3) is 0.458. The number of carbonyl (C=O) groups excluding carboxylic acids is 1. The van der Waals surface area contributed by atoms with Crippen molar-refractivity contribution in [1.29, 1.82) is 5.26 Å². The molecular weight excluding hydrogens is 380 g/mol. The van der Waals surface area contributed by atoms with Gasteiger partial charge in [0.2, 0.25) is 5.88 Å². The largest absolute Gasteiger partial charge is 0.494 e. The number of unbranched alkanes of at least 4 members (excludes halogenated alkanes) is 3. The third-order valence-electron chi connectivity index (χ3n) is 4.96. The molecule has 0 bridgehead atoms. The zero-order chi connectivity index (χ0) is 22.3. The number of hydrogen-bond acceptors (Lipinski definition) is 5. The van der Waals surface area contributed by atoms with E-state index in [4.69, 9.17) is 4.74 Å². The number of aromatic nitrogens is 1. The van der Waals surface area contributed by atoms with Crippen molar-refractivity contribution in [1.82, 2.24) is 4.57 Å². The molecule has 0 fully saturated rings. The Hall–Kier alpha value is -3.07. The van der Waals surface area contributed by atoms with Crippen molar-refractivity contribution in [2.45, 2.75) is 59.9 Å². The highest BCUT2D eigenvalue weighted by molar-refractivity contribution is 6.11. The normalized spacial score (nSPS) is 10.8. The van der Waals surface area contributed by atoms with Crippen LogP contribution in [0.3, 0.4) is 0 Å². The third kappa shape index (κ3) is 5.29. The molecule has 1 heterocycles. The molecule has 0 aliphatic rings. The summed E-state index contributed by atoms with van der Waals surface area (Å²) in [5, 5.41) is 20.2. The molecule has 0 aliphatic carbocycles. The van der Waals surface area contributed by atoms with Crippen LogP contribution in [-0.4, -0.2) is 22.1 Å². The Labute approximate surface area is 177 Å². The van der Waals surface area contributed by atoms with Crippen LogP contribution in [0, 0.1) is 24.2 Å². The van der Waals surface area contributed by atoms with Crippen molar-refractivity contribution in [2.75, 3.05) is 6.61 Å². The van der Waals surface area contributed by atoms with Crippen molar-refractivity contribution >= 4 is 5.78 Å². The standard InChI is InChI=1S/C24H30N2O4/c1-5-6-7-8-13-26-23(28)20(14-25)17(4)21(24(26)29)22(27)18-9-11-19(12-10-18)30-15-16(2)3/h9-12,16,29H,5-8,13,15H2,1-4H3. The molecule has 1 aromatic heterocycles. The fourth-order valence-corrected chi connectivity index (χ4v) is 3.24. The van der Waals surface area contributed by atoms with Crippen molar-refractivity contribution in [3.8, 4) is 17.7 Å². The molecule has 160 valence electrons. The number of carbonyl (C=O) groups is 1. The topological polar surface area (TPSA) is 92.3 Å². The monoisotopic (exact) mass is 410 g/mol. The van der Waals surface area contributed by atoms with Crippen LogP contribution in [0.1, 0.15) is 73.5 Å². The summed E-state index contributed by atoms with van der Waals surface area (Å²) in [6, 6.07) is 8.55. The first kappa shape index (κ1) is 23.2. The molecule has 2 rings (SSSR count). The smallest absolute Gasteiger partial charge is 0.271 e. The highest BCUT2D eigenvalue weighted by Crippen LogP contribution is 2.26. The summed E-state index contributed by atoms with van der Waals surface area (Å²) in [7, 11) is 0. The van der Waals surface area contributed by atoms with Crippen molar-refractivity contribution in [2.24, 2.45) is 5.92 Å². The molecule has 1 N–H and O–H groups in total. The zero-order valence-corrected chi connectivity index (χ0v) is 18.2. The number of nitrogens with zero attached hydrogens (tertiary/aromatic N) is 2. The van der Waals surface area contributed by atoms with Gasteiger partial charge in [0, 0.05) is 12.1 Å². The molecule has 1 aromatic carbocycles. The summed E-state index contributed by atoms with van der Waals surface area (Å²) in [5.74, 6) is 0.228. The van der Waals surface area contributed by atoms with Gasteiger partial charge in [-0.1, -0.05) is 40.0 Å². The summed E-state index contributed by atoms with van der Waals surface area (Å²) >= 11 is 0. The maximum absolute atomic E-state index is 13.1. The number of rotatable bonds is 10. The molecular formula is C24H30N2O4. The summed E-state index contributed by atoms with van der Waals surface area (Å²) < 4.78 is 6.79.